The summed E-state index contributed by atoms with van der Waals surface area (Å²) in [5, 5.41) is 16.9. The Labute approximate surface area is 193 Å². The molecule has 2 atom stereocenters. The summed E-state index contributed by atoms with van der Waals surface area (Å²) in [4.78, 5) is 25.1. The Kier molecular flexibility index (Phi) is 8.60. The van der Waals surface area contributed by atoms with Crippen molar-refractivity contribution in [3.63, 3.8) is 0 Å². The second-order valence-electron chi connectivity index (χ2n) is 7.83. The average Bonchev–Trinajstić information content (AvgIpc) is 3.43. The topological polar surface area (TPSA) is 103 Å². The highest BCUT2D eigenvalue weighted by atomic mass is 16.6. The van der Waals surface area contributed by atoms with Gasteiger partial charge in [0, 0.05) is 12.1 Å². The van der Waals surface area contributed by atoms with Gasteiger partial charge in [0.2, 0.25) is 0 Å². The molecule has 1 amide bonds. The molecule has 4 rings (SSSR count). The van der Waals surface area contributed by atoms with Gasteiger partial charge in [0.1, 0.15) is 12.6 Å². The van der Waals surface area contributed by atoms with E-state index in [0.717, 1.165) is 22.5 Å². The molecule has 0 aliphatic carbocycles. The number of aliphatic carboxylic acids is 1. The third kappa shape index (κ3) is 7.47. The molecule has 3 aromatic rings. The number of carbonyl (C=O) groups is 2. The number of hydrogen-bond acceptors (Lipinski definition) is 5. The minimum absolute atomic E-state index is 0.109. The van der Waals surface area contributed by atoms with Crippen LogP contribution in [0.15, 0.2) is 66.7 Å². The first-order valence-corrected chi connectivity index (χ1v) is 10.7. The zero-order valence-corrected chi connectivity index (χ0v) is 18.8. The van der Waals surface area contributed by atoms with Gasteiger partial charge < -0.3 is 24.8 Å². The number of aromatic nitrogens is 2. The summed E-state index contributed by atoms with van der Waals surface area (Å²) in [5.41, 5.74) is 3.85. The molecular formula is C25H28N3O5-. The average molecular weight is 451 g/mol. The lowest BCUT2D eigenvalue weighted by molar-refractivity contribution is -0.141. The van der Waals surface area contributed by atoms with Crippen LogP contribution >= 0.6 is 0 Å². The molecule has 0 saturated carbocycles. The molecule has 0 spiro atoms. The Morgan fingerprint density at radius 1 is 1.03 bits per heavy atom. The van der Waals surface area contributed by atoms with Crippen LogP contribution in [0.5, 0.6) is 0 Å². The molecule has 1 fully saturated rings. The van der Waals surface area contributed by atoms with E-state index in [1.807, 2.05) is 80.6 Å². The highest BCUT2D eigenvalue weighted by Crippen LogP contribution is 2.23. The summed E-state index contributed by atoms with van der Waals surface area (Å²) in [5.74, 6) is -1.05. The summed E-state index contributed by atoms with van der Waals surface area (Å²) in [6.07, 6.45) is -0.713. The standard InChI is InChI=1S/C20H21NO5.C5H7N2/c22-19(23)18-11-17(25-13-15-7-3-1-4-8-15)12-21(18)20(24)26-14-16-9-5-2-6-10-16;1-4-3-5(2)7-6-4/h1-10,17-18H,11-14H2,(H,22,23);3H,1-2H3/q;-1/t17?,18-;/m0./s1. The van der Waals surface area contributed by atoms with Crippen molar-refractivity contribution >= 4 is 12.1 Å². The van der Waals surface area contributed by atoms with Gasteiger partial charge in [-0.1, -0.05) is 73.7 Å². The van der Waals surface area contributed by atoms with E-state index in [-0.39, 0.29) is 25.7 Å². The van der Waals surface area contributed by atoms with E-state index in [1.54, 1.807) is 0 Å². The minimum atomic E-state index is -1.05. The maximum Gasteiger partial charge on any atom is 0.410 e. The number of carboxylic acids is 1. The van der Waals surface area contributed by atoms with Crippen molar-refractivity contribution in [2.24, 2.45) is 0 Å². The van der Waals surface area contributed by atoms with Crippen LogP contribution in [0, 0.1) is 13.8 Å². The molecule has 1 aliphatic rings. The fraction of sp³-hybridized carbons (Fsp3) is 0.320. The van der Waals surface area contributed by atoms with E-state index in [1.165, 1.54) is 4.90 Å². The van der Waals surface area contributed by atoms with Crippen LogP contribution in [0.25, 0.3) is 0 Å². The van der Waals surface area contributed by atoms with Crippen molar-refractivity contribution in [1.82, 2.24) is 15.1 Å². The van der Waals surface area contributed by atoms with Gasteiger partial charge in [-0.3, -0.25) is 4.90 Å². The predicted octanol–water partition coefficient (Wildman–Crippen LogP) is 3.72. The molecule has 1 unspecified atom stereocenters. The Morgan fingerprint density at radius 2 is 1.64 bits per heavy atom. The van der Waals surface area contributed by atoms with Crippen molar-refractivity contribution in [1.29, 1.82) is 0 Å². The SMILES string of the molecule is Cc1cc(C)[n-]n1.O=C(O)[C@@H]1CC(OCc2ccccc2)CN1C(=O)OCc1ccccc1. The van der Waals surface area contributed by atoms with Crippen LogP contribution in [0.2, 0.25) is 0 Å². The maximum atomic E-state index is 12.3. The first kappa shape index (κ1) is 24.0. The lowest BCUT2D eigenvalue weighted by Crippen LogP contribution is -2.40. The summed E-state index contributed by atoms with van der Waals surface area (Å²) in [6.45, 7) is 4.56. The van der Waals surface area contributed by atoms with Crippen LogP contribution in [0.3, 0.4) is 0 Å². The van der Waals surface area contributed by atoms with E-state index < -0.39 is 18.1 Å². The summed E-state index contributed by atoms with van der Waals surface area (Å²) in [6, 6.07) is 19.9. The molecule has 33 heavy (non-hydrogen) atoms. The van der Waals surface area contributed by atoms with Crippen LogP contribution in [-0.4, -0.2) is 45.9 Å². The van der Waals surface area contributed by atoms with Crippen molar-refractivity contribution < 1.29 is 24.2 Å². The molecule has 2 aromatic carbocycles. The third-order valence-corrected chi connectivity index (χ3v) is 5.10. The monoisotopic (exact) mass is 450 g/mol. The smallest absolute Gasteiger partial charge is 0.410 e. The van der Waals surface area contributed by atoms with Crippen molar-refractivity contribution in [2.75, 3.05) is 6.54 Å². The van der Waals surface area contributed by atoms with Gasteiger partial charge in [0.15, 0.2) is 0 Å². The highest BCUT2D eigenvalue weighted by molar-refractivity contribution is 5.80. The lowest BCUT2D eigenvalue weighted by Gasteiger charge is -2.20. The Balaban J connectivity index is 0.000000374. The number of benzene rings is 2. The molecule has 1 N–H and O–H groups in total. The van der Waals surface area contributed by atoms with Gasteiger partial charge in [-0.25, -0.2) is 9.59 Å². The number of ether oxygens (including phenoxy) is 2. The number of aryl methyl sites for hydroxylation is 2. The lowest BCUT2D eigenvalue weighted by atomic mass is 10.2. The zero-order valence-electron chi connectivity index (χ0n) is 18.8. The van der Waals surface area contributed by atoms with Crippen LogP contribution in [0.4, 0.5) is 4.79 Å². The molecule has 8 heteroatoms. The number of nitrogens with zero attached hydrogens (tertiary/aromatic N) is 3. The molecule has 2 heterocycles. The highest BCUT2D eigenvalue weighted by Gasteiger charge is 2.41. The van der Waals surface area contributed by atoms with E-state index >= 15 is 0 Å². The second-order valence-corrected chi connectivity index (χ2v) is 7.83. The number of amides is 1. The Morgan fingerprint density at radius 3 is 2.12 bits per heavy atom. The van der Waals surface area contributed by atoms with E-state index in [4.69, 9.17) is 9.47 Å². The largest absolute Gasteiger partial charge is 0.579 e. The molecule has 8 nitrogen and oxygen atoms in total. The van der Waals surface area contributed by atoms with Crippen molar-refractivity contribution in [3.8, 4) is 0 Å². The Bertz CT molecular complexity index is 1010. The maximum absolute atomic E-state index is 12.3. The summed E-state index contributed by atoms with van der Waals surface area (Å²) in [7, 11) is 0. The van der Waals surface area contributed by atoms with E-state index in [2.05, 4.69) is 10.2 Å². The molecule has 0 bridgehead atoms. The number of likely N-dealkylation sites (tertiary alicyclic amines) is 1. The van der Waals surface area contributed by atoms with Crippen molar-refractivity contribution in [2.45, 2.75) is 45.6 Å². The number of hydrogen-bond donors (Lipinski definition) is 1. The van der Waals surface area contributed by atoms with E-state index in [9.17, 15) is 14.7 Å². The quantitative estimate of drug-likeness (QED) is 0.610. The van der Waals surface area contributed by atoms with Crippen LogP contribution in [0.1, 0.15) is 28.9 Å². The van der Waals surface area contributed by atoms with E-state index in [0.29, 0.717) is 6.61 Å². The first-order chi connectivity index (χ1) is 15.9. The molecule has 174 valence electrons. The molecule has 1 aliphatic heterocycles. The van der Waals surface area contributed by atoms with Crippen molar-refractivity contribution in [3.05, 3.63) is 89.2 Å². The van der Waals surface area contributed by atoms with Gasteiger partial charge in [0.25, 0.3) is 0 Å². The fourth-order valence-electron chi connectivity index (χ4n) is 3.46. The number of carbonyl (C=O) groups excluding carboxylic acids is 1. The van der Waals surface area contributed by atoms with Gasteiger partial charge >= 0.3 is 12.1 Å². The van der Waals surface area contributed by atoms with Gasteiger partial charge in [-0.15, -0.1) is 5.69 Å². The van der Waals surface area contributed by atoms with Crippen LogP contribution in [-0.2, 0) is 27.5 Å². The zero-order chi connectivity index (χ0) is 23.6. The normalized spacial score (nSPS) is 17.2. The van der Waals surface area contributed by atoms with Crippen LogP contribution < -0.4 is 5.10 Å². The Hall–Kier alpha value is -3.65. The summed E-state index contributed by atoms with van der Waals surface area (Å²) >= 11 is 0. The fourth-order valence-corrected chi connectivity index (χ4v) is 3.46. The molecule has 1 saturated heterocycles. The molecular weight excluding hydrogens is 422 g/mol. The summed E-state index contributed by atoms with van der Waals surface area (Å²) < 4.78 is 11.1. The van der Waals surface area contributed by atoms with Gasteiger partial charge in [-0.2, -0.15) is 0 Å². The third-order valence-electron chi connectivity index (χ3n) is 5.10. The van der Waals surface area contributed by atoms with Gasteiger partial charge in [0.05, 0.1) is 19.3 Å². The predicted molar refractivity (Wildman–Crippen MR) is 121 cm³/mol. The number of carboxylic acid groups (broad SMARTS) is 1. The number of rotatable bonds is 6. The minimum Gasteiger partial charge on any atom is -0.579 e. The first-order valence-electron chi connectivity index (χ1n) is 10.7. The van der Waals surface area contributed by atoms with Gasteiger partial charge in [-0.05, 0) is 18.1 Å². The second kappa shape index (κ2) is 11.8. The molecule has 0 radical (unpaired) electrons. The molecule has 1 aromatic heterocycles.